The van der Waals surface area contributed by atoms with Gasteiger partial charge >= 0.3 is 12.1 Å². The van der Waals surface area contributed by atoms with E-state index < -0.39 is 17.5 Å². The van der Waals surface area contributed by atoms with Gasteiger partial charge in [-0.15, -0.1) is 0 Å². The van der Waals surface area contributed by atoms with Crippen molar-refractivity contribution in [3.8, 4) is 0 Å². The van der Waals surface area contributed by atoms with Gasteiger partial charge in [-0.25, -0.2) is 4.79 Å². The third kappa shape index (κ3) is 10.5. The SMILES string of the molecule is CC(C)(COC(=O)NCCS)CC(=O)NCCC(=O)O. The molecule has 0 heterocycles. The lowest BCUT2D eigenvalue weighted by Crippen LogP contribution is -2.35. The van der Waals surface area contributed by atoms with Crippen LogP contribution in [-0.4, -0.2) is 48.5 Å². The molecule has 2 amide bonds. The van der Waals surface area contributed by atoms with Crippen molar-refractivity contribution in [2.45, 2.75) is 26.7 Å². The fourth-order valence-electron chi connectivity index (χ4n) is 1.33. The molecule has 20 heavy (non-hydrogen) atoms. The molecule has 7 nitrogen and oxygen atoms in total. The monoisotopic (exact) mass is 306 g/mol. The summed E-state index contributed by atoms with van der Waals surface area (Å²) in [5.41, 5.74) is -0.522. The van der Waals surface area contributed by atoms with Gasteiger partial charge in [0.15, 0.2) is 0 Å². The number of nitrogens with one attached hydrogen (secondary N) is 2. The molecule has 0 aliphatic heterocycles. The van der Waals surface area contributed by atoms with Gasteiger partial charge in [0, 0.05) is 30.7 Å². The van der Waals surface area contributed by atoms with Gasteiger partial charge in [0.25, 0.3) is 0 Å². The van der Waals surface area contributed by atoms with E-state index in [-0.39, 0.29) is 31.9 Å². The molecule has 0 aromatic carbocycles. The quantitative estimate of drug-likeness (QED) is 0.468. The Kier molecular flexibility index (Phi) is 8.78. The Hall–Kier alpha value is -1.44. The number of aliphatic carboxylic acids is 1. The van der Waals surface area contributed by atoms with Crippen molar-refractivity contribution in [2.75, 3.05) is 25.4 Å². The Morgan fingerprint density at radius 2 is 1.85 bits per heavy atom. The molecule has 0 radical (unpaired) electrons. The van der Waals surface area contributed by atoms with E-state index >= 15 is 0 Å². The van der Waals surface area contributed by atoms with E-state index in [9.17, 15) is 14.4 Å². The van der Waals surface area contributed by atoms with Crippen molar-refractivity contribution in [2.24, 2.45) is 5.41 Å². The zero-order valence-electron chi connectivity index (χ0n) is 11.8. The second-order valence-electron chi connectivity index (χ2n) is 5.06. The summed E-state index contributed by atoms with van der Waals surface area (Å²) < 4.78 is 4.99. The molecular weight excluding hydrogens is 284 g/mol. The van der Waals surface area contributed by atoms with Crippen LogP contribution in [0.4, 0.5) is 4.79 Å². The third-order valence-electron chi connectivity index (χ3n) is 2.28. The van der Waals surface area contributed by atoms with E-state index in [0.29, 0.717) is 12.3 Å². The number of thiol groups is 1. The van der Waals surface area contributed by atoms with Crippen LogP contribution in [0.2, 0.25) is 0 Å². The van der Waals surface area contributed by atoms with Gasteiger partial charge in [-0.3, -0.25) is 9.59 Å². The van der Waals surface area contributed by atoms with Gasteiger partial charge < -0.3 is 20.5 Å². The van der Waals surface area contributed by atoms with Crippen molar-refractivity contribution in [3.05, 3.63) is 0 Å². The van der Waals surface area contributed by atoms with Gasteiger partial charge in [0.05, 0.1) is 13.0 Å². The minimum Gasteiger partial charge on any atom is -0.481 e. The number of hydrogen-bond acceptors (Lipinski definition) is 5. The number of alkyl carbamates (subject to hydrolysis) is 1. The van der Waals surface area contributed by atoms with Crippen LogP contribution in [0.1, 0.15) is 26.7 Å². The average Bonchev–Trinajstić information content (AvgIpc) is 2.32. The van der Waals surface area contributed by atoms with E-state index in [1.165, 1.54) is 0 Å². The van der Waals surface area contributed by atoms with Crippen LogP contribution in [0.5, 0.6) is 0 Å². The van der Waals surface area contributed by atoms with Gasteiger partial charge in [-0.1, -0.05) is 13.8 Å². The number of carbonyl (C=O) groups excluding carboxylic acids is 2. The summed E-state index contributed by atoms with van der Waals surface area (Å²) in [5, 5.41) is 13.5. The predicted molar refractivity (Wildman–Crippen MR) is 76.9 cm³/mol. The number of hydrogen-bond donors (Lipinski definition) is 4. The number of ether oxygens (including phenoxy) is 1. The smallest absolute Gasteiger partial charge is 0.407 e. The molecule has 0 saturated carbocycles. The maximum absolute atomic E-state index is 11.6. The first-order chi connectivity index (χ1) is 9.26. The summed E-state index contributed by atoms with van der Waals surface area (Å²) in [5.74, 6) is -0.714. The van der Waals surface area contributed by atoms with Crippen LogP contribution in [0.15, 0.2) is 0 Å². The van der Waals surface area contributed by atoms with Gasteiger partial charge in [-0.05, 0) is 0 Å². The van der Waals surface area contributed by atoms with Crippen molar-refractivity contribution in [1.82, 2.24) is 10.6 Å². The summed E-state index contributed by atoms with van der Waals surface area (Å²) in [6.45, 7) is 4.18. The van der Waals surface area contributed by atoms with E-state index in [2.05, 4.69) is 23.3 Å². The van der Waals surface area contributed by atoms with Gasteiger partial charge in [0.1, 0.15) is 0 Å². The highest BCUT2D eigenvalue weighted by atomic mass is 32.1. The summed E-state index contributed by atoms with van der Waals surface area (Å²) in [7, 11) is 0. The Balaban J connectivity index is 3.95. The highest BCUT2D eigenvalue weighted by molar-refractivity contribution is 7.80. The molecule has 0 aromatic heterocycles. The zero-order chi connectivity index (χ0) is 15.6. The van der Waals surface area contributed by atoms with Crippen molar-refractivity contribution < 1.29 is 24.2 Å². The second kappa shape index (κ2) is 9.46. The summed E-state index contributed by atoms with van der Waals surface area (Å²) in [4.78, 5) is 33.1. The zero-order valence-corrected chi connectivity index (χ0v) is 12.7. The number of amides is 2. The molecule has 0 spiro atoms. The molecule has 3 N–H and O–H groups in total. The normalized spacial score (nSPS) is 10.8. The van der Waals surface area contributed by atoms with E-state index in [0.717, 1.165) is 0 Å². The Morgan fingerprint density at radius 3 is 2.40 bits per heavy atom. The first kappa shape index (κ1) is 18.6. The first-order valence-electron chi connectivity index (χ1n) is 6.27. The minimum atomic E-state index is -0.964. The number of carboxylic acid groups (broad SMARTS) is 1. The molecule has 0 atom stereocenters. The Bertz CT molecular complexity index is 347. The lowest BCUT2D eigenvalue weighted by molar-refractivity contribution is -0.137. The highest BCUT2D eigenvalue weighted by Crippen LogP contribution is 2.20. The standard InChI is InChI=1S/C12H22N2O5S/c1-12(2,8-19-11(18)14-5-6-20)7-9(15)13-4-3-10(16)17/h20H,3-8H2,1-2H3,(H,13,15)(H,14,18)(H,16,17). The maximum Gasteiger partial charge on any atom is 0.407 e. The molecule has 0 rings (SSSR count). The van der Waals surface area contributed by atoms with Crippen LogP contribution < -0.4 is 10.6 Å². The first-order valence-corrected chi connectivity index (χ1v) is 6.90. The molecular formula is C12H22N2O5S. The molecule has 0 fully saturated rings. The summed E-state index contributed by atoms with van der Waals surface area (Å²) in [6, 6.07) is 0. The molecule has 0 aromatic rings. The van der Waals surface area contributed by atoms with Crippen molar-refractivity contribution in [3.63, 3.8) is 0 Å². The minimum absolute atomic E-state index is 0.0908. The van der Waals surface area contributed by atoms with Crippen LogP contribution in [0.25, 0.3) is 0 Å². The topological polar surface area (TPSA) is 105 Å². The van der Waals surface area contributed by atoms with E-state index in [1.54, 1.807) is 13.8 Å². The molecule has 0 aliphatic carbocycles. The van der Waals surface area contributed by atoms with Crippen LogP contribution in [0.3, 0.4) is 0 Å². The highest BCUT2D eigenvalue weighted by Gasteiger charge is 2.24. The van der Waals surface area contributed by atoms with E-state index in [1.807, 2.05) is 0 Å². The van der Waals surface area contributed by atoms with Gasteiger partial charge in [0.2, 0.25) is 5.91 Å². The van der Waals surface area contributed by atoms with Crippen molar-refractivity contribution >= 4 is 30.6 Å². The maximum atomic E-state index is 11.6. The Labute approximate surface area is 123 Å². The molecule has 116 valence electrons. The van der Waals surface area contributed by atoms with Crippen molar-refractivity contribution in [1.29, 1.82) is 0 Å². The van der Waals surface area contributed by atoms with Gasteiger partial charge in [-0.2, -0.15) is 12.6 Å². The third-order valence-corrected chi connectivity index (χ3v) is 2.50. The molecule has 0 unspecified atom stereocenters. The summed E-state index contributed by atoms with van der Waals surface area (Å²) in [6.07, 6.45) is -0.514. The lowest BCUT2D eigenvalue weighted by atomic mass is 9.90. The Morgan fingerprint density at radius 1 is 1.20 bits per heavy atom. The number of carboxylic acids is 1. The molecule has 8 heteroatoms. The van der Waals surface area contributed by atoms with Crippen LogP contribution in [0, 0.1) is 5.41 Å². The van der Waals surface area contributed by atoms with Crippen LogP contribution in [-0.2, 0) is 14.3 Å². The largest absolute Gasteiger partial charge is 0.481 e. The second-order valence-corrected chi connectivity index (χ2v) is 5.51. The predicted octanol–water partition coefficient (Wildman–Crippen LogP) is 0.650. The lowest BCUT2D eigenvalue weighted by Gasteiger charge is -2.23. The molecule has 0 saturated heterocycles. The number of carbonyl (C=O) groups is 3. The molecule has 0 bridgehead atoms. The van der Waals surface area contributed by atoms with E-state index in [4.69, 9.17) is 9.84 Å². The molecule has 0 aliphatic rings. The fourth-order valence-corrected chi connectivity index (χ4v) is 1.44. The fraction of sp³-hybridized carbons (Fsp3) is 0.750. The van der Waals surface area contributed by atoms with Crippen LogP contribution >= 0.6 is 12.6 Å². The average molecular weight is 306 g/mol. The summed E-state index contributed by atoms with van der Waals surface area (Å²) >= 11 is 3.95. The number of rotatable bonds is 9.